The summed E-state index contributed by atoms with van der Waals surface area (Å²) in [5, 5.41) is 4.02. The summed E-state index contributed by atoms with van der Waals surface area (Å²) < 4.78 is 4.97. The van der Waals surface area contributed by atoms with Gasteiger partial charge in [-0.3, -0.25) is 4.79 Å². The molecule has 1 aromatic rings. The number of carbonyl (C=O) groups excluding carboxylic acids is 2. The van der Waals surface area contributed by atoms with E-state index in [4.69, 9.17) is 4.74 Å². The summed E-state index contributed by atoms with van der Waals surface area (Å²) in [5.41, 5.74) is 0.333. The molecule has 0 saturated heterocycles. The monoisotopic (exact) mass is 310 g/mol. The summed E-state index contributed by atoms with van der Waals surface area (Å²) in [5.74, 6) is -0.688. The van der Waals surface area contributed by atoms with Gasteiger partial charge in [-0.15, -0.1) is 0 Å². The first-order valence-electron chi connectivity index (χ1n) is 7.30. The minimum Gasteiger partial charge on any atom is -0.461 e. The molecule has 1 heterocycles. The van der Waals surface area contributed by atoms with Crippen molar-refractivity contribution in [3.63, 3.8) is 0 Å². The molecule has 0 bridgehead atoms. The average molecular weight is 310 g/mol. The number of rotatable bonds is 5. The maximum Gasteiger partial charge on any atom is 0.358 e. The van der Waals surface area contributed by atoms with Crippen LogP contribution in [0.3, 0.4) is 0 Å². The van der Waals surface area contributed by atoms with Gasteiger partial charge in [-0.2, -0.15) is 0 Å². The predicted molar refractivity (Wildman–Crippen MR) is 83.1 cm³/mol. The lowest BCUT2D eigenvalue weighted by Crippen LogP contribution is -2.30. The summed E-state index contributed by atoms with van der Waals surface area (Å²) in [4.78, 5) is 28.2. The fourth-order valence-electron chi connectivity index (χ4n) is 2.70. The van der Waals surface area contributed by atoms with E-state index in [-0.39, 0.29) is 23.5 Å². The summed E-state index contributed by atoms with van der Waals surface area (Å²) in [6.45, 7) is 7.90. The number of Topliss-reactive ketones (excluding diaryl/α,β-unsaturated/α-hetero) is 1. The van der Waals surface area contributed by atoms with E-state index in [9.17, 15) is 9.59 Å². The number of aromatic nitrogens is 1. The van der Waals surface area contributed by atoms with Crippen molar-refractivity contribution in [2.24, 2.45) is 5.41 Å². The molecule has 5 nitrogen and oxygen atoms in total. The van der Waals surface area contributed by atoms with Crippen LogP contribution in [0, 0.1) is 5.41 Å². The van der Waals surface area contributed by atoms with Crippen LogP contribution in [0.2, 0.25) is 0 Å². The minimum atomic E-state index is -0.530. The molecule has 116 valence electrons. The summed E-state index contributed by atoms with van der Waals surface area (Å²) in [7, 11) is 0. The lowest BCUT2D eigenvalue weighted by atomic mass is 9.87. The average Bonchev–Trinajstić information content (AvgIpc) is 2.95. The topological polar surface area (TPSA) is 68.3 Å². The van der Waals surface area contributed by atoms with E-state index < -0.39 is 5.97 Å². The first kappa shape index (κ1) is 15.9. The smallest absolute Gasteiger partial charge is 0.358 e. The van der Waals surface area contributed by atoms with Gasteiger partial charge in [-0.05, 0) is 25.2 Å². The van der Waals surface area contributed by atoms with E-state index in [1.165, 1.54) is 31.1 Å². The van der Waals surface area contributed by atoms with Gasteiger partial charge in [-0.1, -0.05) is 31.6 Å². The second kappa shape index (κ2) is 6.13. The van der Waals surface area contributed by atoms with Gasteiger partial charge < -0.3 is 10.1 Å². The van der Waals surface area contributed by atoms with Gasteiger partial charge in [-0.25, -0.2) is 9.78 Å². The van der Waals surface area contributed by atoms with Gasteiger partial charge >= 0.3 is 5.97 Å². The molecule has 21 heavy (non-hydrogen) atoms. The minimum absolute atomic E-state index is 0.132. The Labute approximate surface area is 129 Å². The van der Waals surface area contributed by atoms with Crippen LogP contribution in [-0.4, -0.2) is 29.4 Å². The molecule has 1 N–H and O–H groups in total. The second-order valence-electron chi connectivity index (χ2n) is 6.05. The van der Waals surface area contributed by atoms with Crippen LogP contribution in [0.5, 0.6) is 0 Å². The number of nitrogens with one attached hydrogen (secondary N) is 1. The highest BCUT2D eigenvalue weighted by Gasteiger charge is 2.35. The Morgan fingerprint density at radius 3 is 2.71 bits per heavy atom. The Morgan fingerprint density at radius 1 is 1.48 bits per heavy atom. The highest BCUT2D eigenvalue weighted by atomic mass is 32.1. The van der Waals surface area contributed by atoms with Crippen molar-refractivity contribution < 1.29 is 14.3 Å². The van der Waals surface area contributed by atoms with E-state index in [0.29, 0.717) is 16.1 Å². The fourth-order valence-corrected chi connectivity index (χ4v) is 3.60. The summed E-state index contributed by atoms with van der Waals surface area (Å²) >= 11 is 1.24. The van der Waals surface area contributed by atoms with Crippen LogP contribution in [0.25, 0.3) is 0 Å². The molecule has 1 unspecified atom stereocenters. The number of hydrogen-bond donors (Lipinski definition) is 1. The number of hydrogen-bond acceptors (Lipinski definition) is 6. The van der Waals surface area contributed by atoms with Gasteiger partial charge in [0.25, 0.3) is 0 Å². The molecule has 1 aromatic heterocycles. The molecular formula is C15H22N2O3S. The normalized spacial score (nSPS) is 20.3. The van der Waals surface area contributed by atoms with Crippen molar-refractivity contribution in [1.82, 2.24) is 4.98 Å². The van der Waals surface area contributed by atoms with Crippen LogP contribution >= 0.6 is 11.3 Å². The first-order valence-corrected chi connectivity index (χ1v) is 8.12. The van der Waals surface area contributed by atoms with E-state index in [2.05, 4.69) is 24.1 Å². The molecular weight excluding hydrogens is 288 g/mol. The number of nitrogens with zero attached hydrogens (tertiary/aromatic N) is 1. The number of ketones is 1. The summed E-state index contributed by atoms with van der Waals surface area (Å²) in [6, 6.07) is 0.318. The van der Waals surface area contributed by atoms with E-state index in [1.807, 2.05) is 0 Å². The number of esters is 1. The Morgan fingerprint density at radius 2 is 2.19 bits per heavy atom. The van der Waals surface area contributed by atoms with Crippen LogP contribution in [0.15, 0.2) is 0 Å². The third-order valence-electron chi connectivity index (χ3n) is 3.97. The standard InChI is InChI=1S/C15H22N2O3S/c1-5-20-13(19)11-12(9(2)18)21-14(17-11)16-10-7-6-8-15(10,3)4/h10H,5-8H2,1-4H3,(H,16,17). The number of carbonyl (C=O) groups is 2. The van der Waals surface area contributed by atoms with Crippen molar-refractivity contribution in [1.29, 1.82) is 0 Å². The molecule has 0 radical (unpaired) electrons. The maximum absolute atomic E-state index is 11.9. The molecule has 1 aliphatic rings. The van der Waals surface area contributed by atoms with Crippen molar-refractivity contribution in [2.75, 3.05) is 11.9 Å². The number of ether oxygens (including phenoxy) is 1. The lowest BCUT2D eigenvalue weighted by molar-refractivity contribution is 0.0517. The molecule has 1 fully saturated rings. The second-order valence-corrected chi connectivity index (χ2v) is 7.05. The molecule has 6 heteroatoms. The highest BCUT2D eigenvalue weighted by Crippen LogP contribution is 2.39. The molecule has 2 rings (SSSR count). The zero-order valence-electron chi connectivity index (χ0n) is 13.0. The molecule has 0 aliphatic heterocycles. The third kappa shape index (κ3) is 3.43. The van der Waals surface area contributed by atoms with Gasteiger partial charge in [0.2, 0.25) is 0 Å². The van der Waals surface area contributed by atoms with Crippen molar-refractivity contribution in [3.05, 3.63) is 10.6 Å². The Kier molecular flexibility index (Phi) is 4.66. The van der Waals surface area contributed by atoms with Crippen molar-refractivity contribution >= 4 is 28.2 Å². The van der Waals surface area contributed by atoms with Gasteiger partial charge in [0.1, 0.15) is 4.88 Å². The molecule has 0 spiro atoms. The van der Waals surface area contributed by atoms with Crippen LogP contribution < -0.4 is 5.32 Å². The SMILES string of the molecule is CCOC(=O)c1nc(NC2CCCC2(C)C)sc1C(C)=O. The Bertz CT molecular complexity index is 551. The van der Waals surface area contributed by atoms with Gasteiger partial charge in [0.15, 0.2) is 16.6 Å². The molecule has 1 aliphatic carbocycles. The number of anilines is 1. The Balaban J connectivity index is 2.23. The zero-order chi connectivity index (χ0) is 15.6. The van der Waals surface area contributed by atoms with Crippen LogP contribution in [0.1, 0.15) is 67.1 Å². The van der Waals surface area contributed by atoms with Crippen molar-refractivity contribution in [2.45, 2.75) is 53.0 Å². The molecule has 1 saturated carbocycles. The van der Waals surface area contributed by atoms with Gasteiger partial charge in [0.05, 0.1) is 6.61 Å². The van der Waals surface area contributed by atoms with Crippen molar-refractivity contribution in [3.8, 4) is 0 Å². The highest BCUT2D eigenvalue weighted by molar-refractivity contribution is 7.17. The van der Waals surface area contributed by atoms with E-state index in [1.54, 1.807) is 6.92 Å². The van der Waals surface area contributed by atoms with Crippen LogP contribution in [0.4, 0.5) is 5.13 Å². The quantitative estimate of drug-likeness (QED) is 0.666. The summed E-state index contributed by atoms with van der Waals surface area (Å²) in [6.07, 6.45) is 3.43. The first-order chi connectivity index (χ1) is 9.85. The number of thiazole rings is 1. The predicted octanol–water partition coefficient (Wildman–Crippen LogP) is 3.51. The molecule has 0 amide bonds. The zero-order valence-corrected chi connectivity index (χ0v) is 13.8. The lowest BCUT2D eigenvalue weighted by Gasteiger charge is -2.27. The fraction of sp³-hybridized carbons (Fsp3) is 0.667. The van der Waals surface area contributed by atoms with E-state index >= 15 is 0 Å². The van der Waals surface area contributed by atoms with E-state index in [0.717, 1.165) is 6.42 Å². The third-order valence-corrected chi connectivity index (χ3v) is 5.06. The van der Waals surface area contributed by atoms with Crippen LogP contribution in [-0.2, 0) is 4.74 Å². The maximum atomic E-state index is 11.9. The van der Waals surface area contributed by atoms with Gasteiger partial charge in [0, 0.05) is 13.0 Å². The molecule has 0 aromatic carbocycles. The Hall–Kier alpha value is -1.43. The largest absolute Gasteiger partial charge is 0.461 e. The molecule has 1 atom stereocenters.